The smallest absolute Gasteiger partial charge is 0.125 e. The Balaban J connectivity index is 2.81. The van der Waals surface area contributed by atoms with Crippen LogP contribution in [-0.2, 0) is 0 Å². The van der Waals surface area contributed by atoms with E-state index in [1.54, 1.807) is 12.1 Å². The van der Waals surface area contributed by atoms with E-state index in [1.807, 2.05) is 13.8 Å². The third-order valence-electron chi connectivity index (χ3n) is 2.09. The summed E-state index contributed by atoms with van der Waals surface area (Å²) in [5, 5.41) is 12.2. The molecule has 0 spiro atoms. The van der Waals surface area contributed by atoms with Gasteiger partial charge in [0.05, 0.1) is 24.8 Å². The van der Waals surface area contributed by atoms with Gasteiger partial charge < -0.3 is 4.74 Å². The molecular weight excluding hydrogens is 204 g/mol. The molecule has 0 aromatic heterocycles. The fourth-order valence-corrected chi connectivity index (χ4v) is 1.48. The first-order chi connectivity index (χ1) is 7.69. The topological polar surface area (TPSA) is 81.8 Å². The molecule has 5 heteroatoms. The van der Waals surface area contributed by atoms with E-state index >= 15 is 0 Å². The highest BCUT2D eigenvalue weighted by Gasteiger charge is 2.05. The normalized spacial score (nSPS) is 9.06. The number of benzene rings is 1. The van der Waals surface area contributed by atoms with Gasteiger partial charge in [0.2, 0.25) is 0 Å². The van der Waals surface area contributed by atoms with Crippen molar-refractivity contribution >= 4 is 0 Å². The van der Waals surface area contributed by atoms with Crippen LogP contribution in [0.2, 0.25) is 0 Å². The van der Waals surface area contributed by atoms with Gasteiger partial charge >= 0.3 is 0 Å². The second-order valence-corrected chi connectivity index (χ2v) is 3.35. The molecule has 82 valence electrons. The fourth-order valence-electron chi connectivity index (χ4n) is 1.48. The third-order valence-corrected chi connectivity index (χ3v) is 2.09. The summed E-state index contributed by atoms with van der Waals surface area (Å²) in [5.41, 5.74) is 10.6. The molecule has 0 bridgehead atoms. The molecule has 0 aliphatic rings. The Labute approximate surface area is 93.9 Å². The van der Waals surface area contributed by atoms with Crippen LogP contribution in [0.3, 0.4) is 0 Å². The minimum atomic E-state index is 0.301. The lowest BCUT2D eigenvalue weighted by Gasteiger charge is -2.11. The Bertz CT molecular complexity index is 446. The van der Waals surface area contributed by atoms with Crippen molar-refractivity contribution in [3.8, 4) is 11.8 Å². The van der Waals surface area contributed by atoms with Gasteiger partial charge in [-0.15, -0.1) is 0 Å². The van der Waals surface area contributed by atoms with Crippen molar-refractivity contribution in [1.29, 1.82) is 5.26 Å². The SMILES string of the molecule is Cc1cc(C#N)cc(C)c1OCCN=[N+]=[N-]. The minimum absolute atomic E-state index is 0.301. The standard InChI is InChI=1S/C11H12N4O/c1-8-5-10(7-12)6-9(2)11(8)16-4-3-14-15-13/h5-6H,3-4H2,1-2H3. The summed E-state index contributed by atoms with van der Waals surface area (Å²) in [4.78, 5) is 2.64. The maximum atomic E-state index is 8.78. The second kappa shape index (κ2) is 5.64. The van der Waals surface area contributed by atoms with E-state index in [1.165, 1.54) is 0 Å². The summed E-state index contributed by atoms with van der Waals surface area (Å²) >= 11 is 0. The summed E-state index contributed by atoms with van der Waals surface area (Å²) in [6.07, 6.45) is 0. The van der Waals surface area contributed by atoms with E-state index in [-0.39, 0.29) is 0 Å². The molecule has 0 amide bonds. The van der Waals surface area contributed by atoms with Crippen molar-refractivity contribution in [2.24, 2.45) is 5.11 Å². The van der Waals surface area contributed by atoms with Crippen molar-refractivity contribution in [2.45, 2.75) is 13.8 Å². The molecular formula is C11H12N4O. The number of nitrogens with zero attached hydrogens (tertiary/aromatic N) is 4. The van der Waals surface area contributed by atoms with E-state index in [0.29, 0.717) is 18.7 Å². The molecule has 5 nitrogen and oxygen atoms in total. The van der Waals surface area contributed by atoms with Crippen LogP contribution in [0.1, 0.15) is 16.7 Å². The Morgan fingerprint density at radius 2 is 2.06 bits per heavy atom. The molecule has 1 aromatic carbocycles. The number of hydrogen-bond acceptors (Lipinski definition) is 3. The quantitative estimate of drug-likeness (QED) is 0.335. The lowest BCUT2D eigenvalue weighted by molar-refractivity contribution is 0.324. The average Bonchev–Trinajstić information content (AvgIpc) is 2.26. The van der Waals surface area contributed by atoms with Gasteiger partial charge in [-0.1, -0.05) is 5.11 Å². The number of nitriles is 1. The van der Waals surface area contributed by atoms with E-state index in [0.717, 1.165) is 16.9 Å². The van der Waals surface area contributed by atoms with Crippen LogP contribution in [-0.4, -0.2) is 13.2 Å². The van der Waals surface area contributed by atoms with Crippen molar-refractivity contribution in [2.75, 3.05) is 13.2 Å². The van der Waals surface area contributed by atoms with Gasteiger partial charge in [0, 0.05) is 4.91 Å². The van der Waals surface area contributed by atoms with Crippen LogP contribution in [0.5, 0.6) is 5.75 Å². The molecule has 1 aromatic rings. The number of rotatable bonds is 4. The summed E-state index contributed by atoms with van der Waals surface area (Å²) in [6, 6.07) is 5.64. The maximum Gasteiger partial charge on any atom is 0.125 e. The molecule has 0 aliphatic heterocycles. The average molecular weight is 216 g/mol. The Morgan fingerprint density at radius 1 is 1.44 bits per heavy atom. The van der Waals surface area contributed by atoms with Crippen LogP contribution < -0.4 is 4.74 Å². The lowest BCUT2D eigenvalue weighted by atomic mass is 10.1. The molecule has 1 rings (SSSR count). The molecule has 0 heterocycles. The second-order valence-electron chi connectivity index (χ2n) is 3.35. The highest BCUT2D eigenvalue weighted by Crippen LogP contribution is 2.24. The first kappa shape index (κ1) is 11.9. The summed E-state index contributed by atoms with van der Waals surface area (Å²) < 4.78 is 5.49. The van der Waals surface area contributed by atoms with Crippen LogP contribution >= 0.6 is 0 Å². The number of aryl methyl sites for hydroxylation is 2. The van der Waals surface area contributed by atoms with Gasteiger partial charge in [-0.05, 0) is 42.6 Å². The molecule has 0 fully saturated rings. The van der Waals surface area contributed by atoms with Crippen LogP contribution in [0.4, 0.5) is 0 Å². The predicted octanol–water partition coefficient (Wildman–Crippen LogP) is 2.86. The van der Waals surface area contributed by atoms with Crippen LogP contribution in [0.15, 0.2) is 17.2 Å². The minimum Gasteiger partial charge on any atom is -0.493 e. The predicted molar refractivity (Wildman–Crippen MR) is 60.1 cm³/mol. The van der Waals surface area contributed by atoms with Crippen molar-refractivity contribution in [3.63, 3.8) is 0 Å². The Morgan fingerprint density at radius 3 is 2.56 bits per heavy atom. The van der Waals surface area contributed by atoms with Gasteiger partial charge in [0.1, 0.15) is 5.75 Å². The van der Waals surface area contributed by atoms with Gasteiger partial charge in [0.25, 0.3) is 0 Å². The fraction of sp³-hybridized carbons (Fsp3) is 0.364. The first-order valence-electron chi connectivity index (χ1n) is 4.84. The van der Waals surface area contributed by atoms with Gasteiger partial charge in [0.15, 0.2) is 0 Å². The van der Waals surface area contributed by atoms with Crippen LogP contribution in [0.25, 0.3) is 10.4 Å². The highest BCUT2D eigenvalue weighted by atomic mass is 16.5. The largest absolute Gasteiger partial charge is 0.493 e. The van der Waals surface area contributed by atoms with Crippen molar-refractivity contribution < 1.29 is 4.74 Å². The Kier molecular flexibility index (Phi) is 4.19. The van der Waals surface area contributed by atoms with E-state index in [4.69, 9.17) is 15.5 Å². The molecule has 0 atom stereocenters. The van der Waals surface area contributed by atoms with Gasteiger partial charge in [-0.25, -0.2) is 0 Å². The summed E-state index contributed by atoms with van der Waals surface area (Å²) in [6.45, 7) is 4.42. The number of hydrogen-bond donors (Lipinski definition) is 0. The van der Waals surface area contributed by atoms with E-state index < -0.39 is 0 Å². The maximum absolute atomic E-state index is 8.78. The van der Waals surface area contributed by atoms with E-state index in [2.05, 4.69) is 16.1 Å². The van der Waals surface area contributed by atoms with Gasteiger partial charge in [-0.2, -0.15) is 5.26 Å². The van der Waals surface area contributed by atoms with Gasteiger partial charge in [-0.3, -0.25) is 0 Å². The number of azide groups is 1. The van der Waals surface area contributed by atoms with Crippen molar-refractivity contribution in [1.82, 2.24) is 0 Å². The zero-order valence-corrected chi connectivity index (χ0v) is 9.27. The molecule has 0 unspecified atom stereocenters. The highest BCUT2D eigenvalue weighted by molar-refractivity contribution is 5.47. The molecule has 0 saturated carbocycles. The number of ether oxygens (including phenoxy) is 1. The Hall–Kier alpha value is -2.18. The molecule has 16 heavy (non-hydrogen) atoms. The molecule has 0 radical (unpaired) electrons. The van der Waals surface area contributed by atoms with E-state index in [9.17, 15) is 0 Å². The monoisotopic (exact) mass is 216 g/mol. The third kappa shape index (κ3) is 2.91. The molecule has 0 aliphatic carbocycles. The zero-order chi connectivity index (χ0) is 12.0. The molecule has 0 saturated heterocycles. The summed E-state index contributed by atoms with van der Waals surface area (Å²) in [7, 11) is 0. The summed E-state index contributed by atoms with van der Waals surface area (Å²) in [5.74, 6) is 0.757. The molecule has 0 N–H and O–H groups in total. The lowest BCUT2D eigenvalue weighted by Crippen LogP contribution is -2.03. The van der Waals surface area contributed by atoms with Crippen LogP contribution in [0, 0.1) is 25.2 Å². The zero-order valence-electron chi connectivity index (χ0n) is 9.27. The van der Waals surface area contributed by atoms with Crippen molar-refractivity contribution in [3.05, 3.63) is 39.3 Å². The first-order valence-corrected chi connectivity index (χ1v) is 4.84.